The van der Waals surface area contributed by atoms with Crippen molar-refractivity contribution in [2.75, 3.05) is 79.1 Å². The zero-order valence-corrected chi connectivity index (χ0v) is 68.7. The number of nitrogens with two attached hydrogens (primary N) is 4. The van der Waals surface area contributed by atoms with Gasteiger partial charge in [-0.25, -0.2) is 9.18 Å². The largest absolute Gasteiger partial charge is 0.477 e. The van der Waals surface area contributed by atoms with Gasteiger partial charge in [0.25, 0.3) is 0 Å². The van der Waals surface area contributed by atoms with Crippen molar-refractivity contribution in [1.29, 1.82) is 0 Å². The van der Waals surface area contributed by atoms with Crippen LogP contribution in [0, 0.1) is 29.5 Å². The molecule has 2 aromatic rings. The maximum absolute atomic E-state index is 14.6. The number of nitrogens with zero attached hydrogens (tertiary/aromatic N) is 3. The van der Waals surface area contributed by atoms with Gasteiger partial charge in [0.2, 0.25) is 11.3 Å². The number of aliphatic hydroxyl groups excluding tert-OH is 11. The van der Waals surface area contributed by atoms with Crippen molar-refractivity contribution in [1.82, 2.24) is 20.1 Å². The van der Waals surface area contributed by atoms with Gasteiger partial charge in [0.05, 0.1) is 77.5 Å². The van der Waals surface area contributed by atoms with Gasteiger partial charge in [-0.05, 0) is 119 Å². The Bertz CT molecular complexity index is 3610. The molecule has 7 heterocycles. The minimum atomic E-state index is -1.96. The molecule has 664 valence electrons. The van der Waals surface area contributed by atoms with Gasteiger partial charge in [-0.15, -0.1) is 0 Å². The van der Waals surface area contributed by atoms with Crippen LogP contribution in [0.15, 0.2) is 23.1 Å². The number of hydrogen-bond acceptors (Lipinski definition) is 35. The normalized spacial score (nSPS) is 41.9. The molecular formula is C77H130FN9O29. The van der Waals surface area contributed by atoms with Crippen LogP contribution in [0.1, 0.15) is 137 Å². The second-order valence-corrected chi connectivity index (χ2v) is 33.3. The molecule has 38 nitrogen and oxygen atoms in total. The average Bonchev–Trinajstić information content (AvgIpc) is 1.26. The van der Waals surface area contributed by atoms with E-state index < -0.39 is 229 Å². The summed E-state index contributed by atoms with van der Waals surface area (Å²) < 4.78 is 82.8. The van der Waals surface area contributed by atoms with Crippen molar-refractivity contribution in [2.24, 2.45) is 46.6 Å². The Hall–Kier alpha value is -4.88. The number of carboxylic acid groups (broad SMARTS) is 1. The van der Waals surface area contributed by atoms with Crippen molar-refractivity contribution in [3.8, 4) is 0 Å². The van der Waals surface area contributed by atoms with Gasteiger partial charge >= 0.3 is 11.9 Å². The van der Waals surface area contributed by atoms with Gasteiger partial charge in [-0.1, -0.05) is 27.7 Å². The Morgan fingerprint density at radius 3 is 1.93 bits per heavy atom. The van der Waals surface area contributed by atoms with E-state index in [0.717, 1.165) is 25.9 Å². The molecule has 116 heavy (non-hydrogen) atoms. The van der Waals surface area contributed by atoms with Crippen LogP contribution in [0.2, 0.25) is 0 Å². The number of cyclic esters (lactones) is 1. The summed E-state index contributed by atoms with van der Waals surface area (Å²) in [6.07, 6.45) is -25.3. The molecule has 0 bridgehead atoms. The first-order chi connectivity index (χ1) is 54.4. The number of amides is 1. The van der Waals surface area contributed by atoms with Crippen LogP contribution in [0.25, 0.3) is 10.9 Å². The fraction of sp³-hybridized carbons (Fsp3) is 0.831. The molecule has 1 aromatic heterocycles. The lowest BCUT2D eigenvalue weighted by Gasteiger charge is -2.50. The standard InChI is InChI=1S/C38H69NO13.C22H43N5O13.C17H18FN3O3/c1-15-26-38(10,45)31(42)21(4)28(40)19(2)17-37(9,47-14)33(52-35-29(41)25(39(11)12)16-20(3)48-35)22(5)30(23(6)34(44)50-26)51-27-18-36(8,46-13)32(43)24(7)49-27;23-2-1-8(29)20(36)27-7-3-6(25)18(39-22-16(34)15(33)13(31)9(4-24)37-22)17(35)19(7)40-21-14(32)11(26)12(30)10(5-28)38-21;18-13-7-11-14(8-15(13)20-5-3-19-4-6-20)21(10-1-2-10)9-12(16(11)22)17(23)24/h19-27,29-33,35,41-43,45H,15-18H2,1-14H3;6-19,21-22,28-35H,1-5,23-26H2,(H,27,36);7-10,19H,1-6H2,(H,23,24)/t19-,20-,21+,22+,23-,24+,25+,26-,27+,29-,30+,31-,32+,33-,35+,36-,37-,38-;6-,7+,8-,9+,10+,11-,12+,13+,14+,15-,16+,17-,18+,19-,21+,22+;/m10./s1. The Labute approximate surface area is 674 Å². The Kier molecular flexibility index (Phi) is 34.0. The summed E-state index contributed by atoms with van der Waals surface area (Å²) in [5.74, 6) is -7.07. The van der Waals surface area contributed by atoms with Gasteiger partial charge in [-0.3, -0.25) is 19.2 Å². The number of rotatable bonds is 21. The highest BCUT2D eigenvalue weighted by molar-refractivity contribution is 5.93. The molecule has 0 unspecified atom stereocenters. The molecule has 8 aliphatic rings. The lowest BCUT2D eigenvalue weighted by atomic mass is 9.74. The lowest BCUT2D eigenvalue weighted by molar-refractivity contribution is -0.332. The summed E-state index contributed by atoms with van der Waals surface area (Å²) in [7, 11) is 6.77. The summed E-state index contributed by atoms with van der Waals surface area (Å²) in [6, 6.07) is -0.659. The van der Waals surface area contributed by atoms with Crippen LogP contribution >= 0.6 is 0 Å². The molecule has 0 radical (unpaired) electrons. The summed E-state index contributed by atoms with van der Waals surface area (Å²) >= 11 is 0. The number of Topliss-reactive ketones (excluding diaryl/α,β-unsaturated/α-hetero) is 1. The lowest BCUT2D eigenvalue weighted by Crippen LogP contribution is -2.69. The maximum Gasteiger partial charge on any atom is 0.341 e. The molecule has 10 rings (SSSR count). The third-order valence-electron chi connectivity index (χ3n) is 24.5. The number of halogens is 1. The summed E-state index contributed by atoms with van der Waals surface area (Å²) in [5.41, 5.74) is 19.0. The number of nitrogens with one attached hydrogen (secondary N) is 2. The number of methoxy groups -OCH3 is 2. The van der Waals surface area contributed by atoms with E-state index >= 15 is 0 Å². The molecule has 0 spiro atoms. The van der Waals surface area contributed by atoms with E-state index in [1.807, 2.05) is 42.3 Å². The first kappa shape index (κ1) is 96.6. The van der Waals surface area contributed by atoms with Crippen LogP contribution in [-0.4, -0.2) is 356 Å². The predicted molar refractivity (Wildman–Crippen MR) is 411 cm³/mol. The second kappa shape index (κ2) is 40.9. The van der Waals surface area contributed by atoms with Crippen LogP contribution < -0.4 is 43.9 Å². The topological polar surface area (TPSA) is 589 Å². The number of ether oxygens (including phenoxy) is 11. The molecular weight excluding hydrogens is 1530 g/mol. The number of esters is 1. The summed E-state index contributed by atoms with van der Waals surface area (Å²) in [4.78, 5) is 68.4. The van der Waals surface area contributed by atoms with Crippen molar-refractivity contribution in [3.05, 3.63) is 39.9 Å². The number of anilines is 1. The molecule has 8 fully saturated rings. The zero-order chi connectivity index (χ0) is 86.4. The number of likely N-dealkylation sites (N-methyl/N-ethyl adjacent to an activating group) is 1. The Morgan fingerprint density at radius 1 is 0.741 bits per heavy atom. The van der Waals surface area contributed by atoms with Crippen LogP contribution in [0.4, 0.5) is 10.1 Å². The van der Waals surface area contributed by atoms with Gasteiger partial charge < -0.3 is 166 Å². The van der Waals surface area contributed by atoms with E-state index in [1.54, 1.807) is 54.5 Å². The van der Waals surface area contributed by atoms with Crippen molar-refractivity contribution in [2.45, 2.75) is 309 Å². The van der Waals surface area contributed by atoms with E-state index in [4.69, 9.17) is 75.0 Å². The summed E-state index contributed by atoms with van der Waals surface area (Å²) in [6.45, 7) is 19.1. The highest BCUT2D eigenvalue weighted by Crippen LogP contribution is 2.44. The number of aromatic nitrogens is 1. The number of carbonyl (C=O) groups excluding carboxylic acids is 3. The molecule has 1 aromatic carbocycles. The molecule has 2 saturated carbocycles. The molecule has 39 heteroatoms. The third-order valence-corrected chi connectivity index (χ3v) is 24.5. The monoisotopic (exact) mass is 1660 g/mol. The van der Waals surface area contributed by atoms with Crippen LogP contribution in [0.3, 0.4) is 0 Å². The van der Waals surface area contributed by atoms with Gasteiger partial charge in [0, 0.05) is 101 Å². The molecule has 1 amide bonds. The molecule has 23 N–H and O–H groups in total. The first-order valence-corrected chi connectivity index (χ1v) is 40.1. The van der Waals surface area contributed by atoms with Crippen LogP contribution in [0.5, 0.6) is 0 Å². The highest BCUT2D eigenvalue weighted by atomic mass is 19.1. The van der Waals surface area contributed by atoms with Crippen LogP contribution in [-0.2, 0) is 66.5 Å². The number of carboxylic acids is 1. The number of fused-ring (bicyclic) bond motifs is 1. The molecule has 6 aliphatic heterocycles. The molecule has 34 atom stereocenters. The molecule has 6 saturated heterocycles. The number of benzene rings is 1. The maximum atomic E-state index is 14.6. The number of aliphatic hydroxyl groups is 12. The second-order valence-electron chi connectivity index (χ2n) is 33.3. The average molecular weight is 1660 g/mol. The van der Waals surface area contributed by atoms with Gasteiger partial charge in [0.1, 0.15) is 108 Å². The van der Waals surface area contributed by atoms with E-state index in [2.05, 4.69) is 10.6 Å². The smallest absolute Gasteiger partial charge is 0.341 e. The fourth-order valence-corrected chi connectivity index (χ4v) is 17.0. The SMILES string of the molecule is CC[C@H]1OC(=O)[C@H](C)[C@@H](O[C@H]2C[C@@](C)(OC)[C@@H](O)[C@H](C)O2)[C@H](C)[C@@H](O[C@@H]2O[C@H](C)C[C@H](N(C)C)[C@H]2O)[C@](C)(OC)C[C@@H](C)C(=O)[C@H](C)[C@@H](O)[C@]1(C)O.NCC[C@H](O)C(=O)N[C@@H]1C[C@H](N)[C@@H](O[C@H]2O[C@H](CN)[C@@H](O)[C@H](O)[C@H]2O)[C@H](O)[C@H]1O[C@H]1O[C@H](CO)[C@@H](O)[C@H](N)[C@H]1O.O=C(O)c1cn(C2CC2)c2cc(N3CCNCC3)c(F)cc2c1=O. The minimum Gasteiger partial charge on any atom is -0.477 e. The Morgan fingerprint density at radius 2 is 1.35 bits per heavy atom. The predicted octanol–water partition coefficient (Wildman–Crippen LogP) is -4.40. The van der Waals surface area contributed by atoms with Gasteiger partial charge in [0.15, 0.2) is 25.2 Å². The quantitative estimate of drug-likeness (QED) is 0.0525. The highest BCUT2D eigenvalue weighted by Gasteiger charge is 2.57. The number of hydrogen-bond donors (Lipinski definition) is 19. The van der Waals surface area contributed by atoms with Crippen molar-refractivity contribution >= 4 is 40.2 Å². The summed E-state index contributed by atoms with van der Waals surface area (Å²) in [5, 5.41) is 143. The van der Waals surface area contributed by atoms with E-state index in [0.29, 0.717) is 30.7 Å². The van der Waals surface area contributed by atoms with Gasteiger partial charge in [-0.2, -0.15) is 0 Å². The van der Waals surface area contributed by atoms with Crippen molar-refractivity contribution in [3.63, 3.8) is 0 Å². The number of aromatic carboxylic acids is 1. The van der Waals surface area contributed by atoms with E-state index in [9.17, 15) is 94.7 Å². The minimum absolute atomic E-state index is 0.0101. The van der Waals surface area contributed by atoms with E-state index in [1.165, 1.54) is 33.4 Å². The number of carbonyl (C=O) groups is 4. The fourth-order valence-electron chi connectivity index (χ4n) is 17.0. The third kappa shape index (κ3) is 21.6. The van der Waals surface area contributed by atoms with E-state index in [-0.39, 0.29) is 80.1 Å². The first-order valence-electron chi connectivity index (χ1n) is 40.1. The van der Waals surface area contributed by atoms with Crippen molar-refractivity contribution < 1.29 is 142 Å². The number of piperazine rings is 1. The Balaban J connectivity index is 0.000000231. The number of pyridine rings is 1. The number of ketones is 1. The molecule has 2 aliphatic carbocycles. The zero-order valence-electron chi connectivity index (χ0n) is 68.7.